The highest BCUT2D eigenvalue weighted by Crippen LogP contribution is 2.29. The third kappa shape index (κ3) is 3.33. The van der Waals surface area contributed by atoms with Crippen LogP contribution in [0.25, 0.3) is 23.1 Å². The lowest BCUT2D eigenvalue weighted by atomic mass is 10.2. The number of nitrogens with zero attached hydrogens (tertiary/aromatic N) is 6. The normalized spacial score (nSPS) is 12.7. The predicted octanol–water partition coefficient (Wildman–Crippen LogP) is 1.89. The van der Waals surface area contributed by atoms with E-state index < -0.39 is 11.9 Å². The van der Waals surface area contributed by atoms with E-state index in [2.05, 4.69) is 20.3 Å². The molecule has 0 aliphatic carbocycles. The maximum atomic E-state index is 13.6. The van der Waals surface area contributed by atoms with Crippen molar-refractivity contribution in [1.29, 1.82) is 0 Å². The summed E-state index contributed by atoms with van der Waals surface area (Å²) in [5, 5.41) is 23.3. The van der Waals surface area contributed by atoms with Crippen molar-refractivity contribution < 1.29 is 18.3 Å². The van der Waals surface area contributed by atoms with E-state index in [-0.39, 0.29) is 28.0 Å². The number of halogens is 3. The van der Waals surface area contributed by atoms with Gasteiger partial charge in [-0.1, -0.05) is 30.0 Å². The molecule has 0 saturated heterocycles. The predicted molar refractivity (Wildman–Crippen MR) is 98.0 cm³/mol. The van der Waals surface area contributed by atoms with Crippen molar-refractivity contribution in [3.8, 4) is 17.1 Å². The minimum Gasteiger partial charge on any atom is -0.872 e. The lowest BCUT2D eigenvalue weighted by molar-refractivity contribution is -0.267. The van der Waals surface area contributed by atoms with Gasteiger partial charge in [0.2, 0.25) is 0 Å². The number of pyridine rings is 1. The molecule has 0 aliphatic heterocycles. The lowest BCUT2D eigenvalue weighted by Gasteiger charge is -2.10. The summed E-state index contributed by atoms with van der Waals surface area (Å²) in [6.07, 6.45) is -1.94. The van der Waals surface area contributed by atoms with Crippen LogP contribution in [-0.4, -0.2) is 38.9 Å². The molecule has 1 aromatic carbocycles. The second kappa shape index (κ2) is 6.73. The molecule has 29 heavy (non-hydrogen) atoms. The Morgan fingerprint density at radius 3 is 2.45 bits per heavy atom. The molecule has 0 fully saturated rings. The van der Waals surface area contributed by atoms with Crippen LogP contribution >= 0.6 is 0 Å². The molecule has 4 aromatic rings. The Bertz CT molecular complexity index is 1230. The van der Waals surface area contributed by atoms with Crippen LogP contribution in [0.1, 0.15) is 11.3 Å². The van der Waals surface area contributed by atoms with E-state index in [0.717, 1.165) is 4.52 Å². The van der Waals surface area contributed by atoms with Gasteiger partial charge < -0.3 is 10.0 Å². The van der Waals surface area contributed by atoms with Gasteiger partial charge in [-0.2, -0.15) is 22.8 Å². The Hall–Kier alpha value is -3.69. The number of aromatic nitrogens is 5. The smallest absolute Gasteiger partial charge is 0.435 e. The van der Waals surface area contributed by atoms with Gasteiger partial charge >= 0.3 is 6.18 Å². The monoisotopic (exact) mass is 399 g/mol. The van der Waals surface area contributed by atoms with Crippen LogP contribution in [0.2, 0.25) is 0 Å². The number of anilines is 1. The zero-order valence-electron chi connectivity index (χ0n) is 15.3. The van der Waals surface area contributed by atoms with Gasteiger partial charge in [-0.25, -0.2) is 4.98 Å². The molecule has 0 N–H and O–H groups in total. The summed E-state index contributed by atoms with van der Waals surface area (Å²) in [5.41, 5.74) is -0.629. The molecular formula is C19H14F3N6O-. The summed E-state index contributed by atoms with van der Waals surface area (Å²) >= 11 is 0. The molecule has 0 amide bonds. The Morgan fingerprint density at radius 1 is 1.07 bits per heavy atom. The Morgan fingerprint density at radius 2 is 1.83 bits per heavy atom. The number of alkyl halides is 3. The summed E-state index contributed by atoms with van der Waals surface area (Å²) in [5.74, 6) is 0.241. The third-order valence-corrected chi connectivity index (χ3v) is 4.27. The number of benzene rings is 1. The number of rotatable bonds is 3. The molecule has 10 heteroatoms. The molecular weight excluding hydrogens is 385 g/mol. The van der Waals surface area contributed by atoms with Crippen molar-refractivity contribution in [2.75, 3.05) is 19.0 Å². The molecule has 0 unspecified atom stereocenters. The molecule has 3 heterocycles. The summed E-state index contributed by atoms with van der Waals surface area (Å²) in [6.45, 7) is 0. The van der Waals surface area contributed by atoms with Gasteiger partial charge in [-0.05, 0) is 23.8 Å². The molecule has 0 aliphatic rings. The van der Waals surface area contributed by atoms with Crippen molar-refractivity contribution in [3.63, 3.8) is 0 Å². The van der Waals surface area contributed by atoms with E-state index in [9.17, 15) is 18.3 Å². The summed E-state index contributed by atoms with van der Waals surface area (Å²) in [6, 6.07) is 9.23. The zero-order chi connectivity index (χ0) is 20.8. The van der Waals surface area contributed by atoms with Crippen LogP contribution in [0.5, 0.6) is 5.75 Å². The Kier molecular flexibility index (Phi) is 4.33. The number of fused-ring (bicyclic) bond motifs is 1. The first-order chi connectivity index (χ1) is 13.8. The molecule has 0 spiro atoms. The summed E-state index contributed by atoms with van der Waals surface area (Å²) in [4.78, 5) is 5.98. The highest BCUT2D eigenvalue weighted by molar-refractivity contribution is 5.67. The second-order valence-electron chi connectivity index (χ2n) is 6.50. The molecule has 148 valence electrons. The van der Waals surface area contributed by atoms with Gasteiger partial charge in [0.25, 0.3) is 0 Å². The van der Waals surface area contributed by atoms with Crippen LogP contribution < -0.4 is 15.2 Å². The van der Waals surface area contributed by atoms with Crippen LogP contribution in [0.15, 0.2) is 42.6 Å². The number of hydrogen-bond acceptors (Lipinski definition) is 6. The standard InChI is InChI=1S/C19H15F3N6O/c1-27(2)15-8-7-11(10-23-15)9-13-16(19(20,21)22)26-28-17(24-25-18(13)28)12-5-3-4-6-14(12)29/h3-10,29H,1-2H3/p-1. The van der Waals surface area contributed by atoms with Crippen LogP contribution in [0.4, 0.5) is 19.0 Å². The fourth-order valence-corrected chi connectivity index (χ4v) is 2.88. The van der Waals surface area contributed by atoms with Crippen molar-refractivity contribution >= 4 is 17.5 Å². The van der Waals surface area contributed by atoms with Gasteiger partial charge in [-0.3, -0.25) is 0 Å². The molecule has 7 nitrogen and oxygen atoms in total. The minimum absolute atomic E-state index is 0.0446. The Balaban J connectivity index is 1.94. The van der Waals surface area contributed by atoms with Crippen molar-refractivity contribution in [1.82, 2.24) is 24.8 Å². The quantitative estimate of drug-likeness (QED) is 0.523. The summed E-state index contributed by atoms with van der Waals surface area (Å²) < 4.78 is 41.8. The van der Waals surface area contributed by atoms with E-state index in [1.54, 1.807) is 23.1 Å². The van der Waals surface area contributed by atoms with Crippen LogP contribution in [0, 0.1) is 0 Å². The maximum Gasteiger partial charge on any atom is 0.435 e. The topological polar surface area (TPSA) is 82.3 Å². The molecule has 0 atom stereocenters. The van der Waals surface area contributed by atoms with E-state index in [0.29, 0.717) is 11.4 Å². The minimum atomic E-state index is -4.71. The van der Waals surface area contributed by atoms with E-state index in [4.69, 9.17) is 0 Å². The van der Waals surface area contributed by atoms with Crippen LogP contribution in [-0.2, 0) is 6.18 Å². The first kappa shape index (κ1) is 18.7. The fraction of sp³-hybridized carbons (Fsp3) is 0.158. The second-order valence-corrected chi connectivity index (χ2v) is 6.50. The molecule has 4 rings (SSSR count). The molecule has 0 bridgehead atoms. The maximum absolute atomic E-state index is 13.6. The van der Waals surface area contributed by atoms with Gasteiger partial charge in [0.05, 0.1) is 5.22 Å². The van der Waals surface area contributed by atoms with Crippen molar-refractivity contribution in [2.45, 2.75) is 6.18 Å². The van der Waals surface area contributed by atoms with E-state index in [1.165, 1.54) is 30.5 Å². The zero-order valence-corrected chi connectivity index (χ0v) is 15.3. The van der Waals surface area contributed by atoms with Crippen LogP contribution in [0.3, 0.4) is 0 Å². The molecule has 0 saturated carbocycles. The average molecular weight is 399 g/mol. The highest BCUT2D eigenvalue weighted by atomic mass is 19.4. The number of para-hydroxylation sites is 1. The van der Waals surface area contributed by atoms with E-state index >= 15 is 0 Å². The Labute approximate surface area is 162 Å². The number of hydrogen-bond donors (Lipinski definition) is 0. The first-order valence-electron chi connectivity index (χ1n) is 8.49. The fourth-order valence-electron chi connectivity index (χ4n) is 2.88. The van der Waals surface area contributed by atoms with Gasteiger partial charge in [0.15, 0.2) is 17.2 Å². The van der Waals surface area contributed by atoms with Crippen molar-refractivity contribution in [2.24, 2.45) is 0 Å². The lowest BCUT2D eigenvalue weighted by Crippen LogP contribution is -2.18. The molecule has 3 aromatic heterocycles. The van der Waals surface area contributed by atoms with Crippen molar-refractivity contribution in [3.05, 3.63) is 59.1 Å². The highest BCUT2D eigenvalue weighted by Gasteiger charge is 2.37. The molecule has 0 radical (unpaired) electrons. The first-order valence-corrected chi connectivity index (χ1v) is 8.49. The largest absolute Gasteiger partial charge is 0.872 e. The van der Waals surface area contributed by atoms with E-state index in [1.807, 2.05) is 14.1 Å². The van der Waals surface area contributed by atoms with Gasteiger partial charge in [0.1, 0.15) is 5.82 Å². The SMILES string of the molecule is CN(C)c1ccc(C=c2c(C(F)(F)F)nn3c(-c4ccccc4[O-])nnc23)cn1. The average Bonchev–Trinajstić information content (AvgIpc) is 3.23. The van der Waals surface area contributed by atoms with Gasteiger partial charge in [-0.15, -0.1) is 10.2 Å². The van der Waals surface area contributed by atoms with Gasteiger partial charge in [0, 0.05) is 25.9 Å². The third-order valence-electron chi connectivity index (χ3n) is 4.27. The summed E-state index contributed by atoms with van der Waals surface area (Å²) in [7, 11) is 3.62.